The number of hydrogen-bond acceptors (Lipinski definition) is 7. The molecule has 0 aliphatic carbocycles. The molecule has 3 atom stereocenters. The van der Waals surface area contributed by atoms with Gasteiger partial charge in [0.15, 0.2) is 11.9 Å². The van der Waals surface area contributed by atoms with Crippen molar-refractivity contribution in [2.24, 2.45) is 0 Å². The van der Waals surface area contributed by atoms with Gasteiger partial charge >= 0.3 is 0 Å². The zero-order valence-electron chi connectivity index (χ0n) is 10.9. The SMILES string of the molecule is N#Cc1cn([C@@H]2O[C@H](CO)C[C@@H]2O)c2nc(N)[nH]c(=O)c12. The van der Waals surface area contributed by atoms with Gasteiger partial charge in [-0.1, -0.05) is 0 Å². The predicted octanol–water partition coefficient (Wildman–Crippen LogP) is -1.18. The largest absolute Gasteiger partial charge is 0.394 e. The number of aliphatic hydroxyl groups is 2. The van der Waals surface area contributed by atoms with Gasteiger partial charge in [-0.3, -0.25) is 9.78 Å². The molecule has 1 aliphatic rings. The van der Waals surface area contributed by atoms with Crippen molar-refractivity contribution in [2.75, 3.05) is 12.3 Å². The summed E-state index contributed by atoms with van der Waals surface area (Å²) in [5, 5.41) is 28.4. The molecule has 9 nitrogen and oxygen atoms in total. The van der Waals surface area contributed by atoms with Crippen LogP contribution in [0.4, 0.5) is 5.95 Å². The number of hydrogen-bond donors (Lipinski definition) is 4. The average molecular weight is 291 g/mol. The molecule has 2 aromatic heterocycles. The number of nitrogens with two attached hydrogens (primary N) is 1. The van der Waals surface area contributed by atoms with Gasteiger partial charge in [0.25, 0.3) is 5.56 Å². The molecular weight excluding hydrogens is 278 g/mol. The Morgan fingerprint density at radius 1 is 1.67 bits per heavy atom. The van der Waals surface area contributed by atoms with Crippen molar-refractivity contribution >= 4 is 17.0 Å². The van der Waals surface area contributed by atoms with E-state index in [1.807, 2.05) is 6.07 Å². The number of anilines is 1. The van der Waals surface area contributed by atoms with Gasteiger partial charge in [-0.2, -0.15) is 10.2 Å². The van der Waals surface area contributed by atoms with Crippen molar-refractivity contribution in [1.82, 2.24) is 14.5 Å². The molecule has 9 heteroatoms. The first kappa shape index (κ1) is 13.6. The van der Waals surface area contributed by atoms with Crippen molar-refractivity contribution in [3.63, 3.8) is 0 Å². The van der Waals surface area contributed by atoms with Gasteiger partial charge in [-0.25, -0.2) is 0 Å². The van der Waals surface area contributed by atoms with Crippen LogP contribution < -0.4 is 11.3 Å². The highest BCUT2D eigenvalue weighted by atomic mass is 16.5. The lowest BCUT2D eigenvalue weighted by Gasteiger charge is -2.17. The summed E-state index contributed by atoms with van der Waals surface area (Å²) in [5.41, 5.74) is 5.27. The van der Waals surface area contributed by atoms with E-state index in [-0.39, 0.29) is 35.6 Å². The molecular formula is C12H13N5O4. The van der Waals surface area contributed by atoms with Crippen molar-refractivity contribution in [3.05, 3.63) is 22.1 Å². The number of aromatic amines is 1. The summed E-state index contributed by atoms with van der Waals surface area (Å²) in [6.45, 7) is -0.228. The predicted molar refractivity (Wildman–Crippen MR) is 71.1 cm³/mol. The normalized spacial score (nSPS) is 25.3. The smallest absolute Gasteiger partial charge is 0.263 e. The highest BCUT2D eigenvalue weighted by Gasteiger charge is 2.36. The lowest BCUT2D eigenvalue weighted by atomic mass is 10.2. The number of nitrogen functional groups attached to an aromatic ring is 1. The van der Waals surface area contributed by atoms with Crippen LogP contribution in [0.2, 0.25) is 0 Å². The minimum atomic E-state index is -0.883. The van der Waals surface area contributed by atoms with Crippen LogP contribution in [-0.2, 0) is 4.74 Å². The lowest BCUT2D eigenvalue weighted by Crippen LogP contribution is -2.20. The number of rotatable bonds is 2. The van der Waals surface area contributed by atoms with Crippen LogP contribution in [0.3, 0.4) is 0 Å². The molecule has 1 saturated heterocycles. The van der Waals surface area contributed by atoms with E-state index in [2.05, 4.69) is 9.97 Å². The maximum absolute atomic E-state index is 11.9. The first-order valence-corrected chi connectivity index (χ1v) is 6.30. The third-order valence-corrected chi connectivity index (χ3v) is 3.46. The molecule has 0 unspecified atom stereocenters. The quantitative estimate of drug-likeness (QED) is 0.543. The monoisotopic (exact) mass is 291 g/mol. The Labute approximate surface area is 118 Å². The summed E-state index contributed by atoms with van der Waals surface area (Å²) < 4.78 is 6.92. The van der Waals surface area contributed by atoms with Gasteiger partial charge in [0.2, 0.25) is 5.95 Å². The first-order valence-electron chi connectivity index (χ1n) is 6.30. The second kappa shape index (κ2) is 4.85. The number of fused-ring (bicyclic) bond motifs is 1. The number of H-pyrrole nitrogens is 1. The number of aromatic nitrogens is 3. The number of nitriles is 1. The third kappa shape index (κ3) is 2.06. The van der Waals surface area contributed by atoms with E-state index in [4.69, 9.17) is 20.8 Å². The van der Waals surface area contributed by atoms with Crippen molar-refractivity contribution in [1.29, 1.82) is 5.26 Å². The lowest BCUT2D eigenvalue weighted by molar-refractivity contribution is -0.0484. The number of nitrogens with zero attached hydrogens (tertiary/aromatic N) is 3. The van der Waals surface area contributed by atoms with E-state index in [9.17, 15) is 9.90 Å². The average Bonchev–Trinajstić information content (AvgIpc) is 2.99. The molecule has 21 heavy (non-hydrogen) atoms. The third-order valence-electron chi connectivity index (χ3n) is 3.46. The van der Waals surface area contributed by atoms with Crippen LogP contribution in [0.5, 0.6) is 0 Å². The zero-order chi connectivity index (χ0) is 15.1. The van der Waals surface area contributed by atoms with Crippen molar-refractivity contribution in [2.45, 2.75) is 24.9 Å². The minimum absolute atomic E-state index is 0.0925. The second-order valence-electron chi connectivity index (χ2n) is 4.85. The maximum atomic E-state index is 11.9. The van der Waals surface area contributed by atoms with E-state index in [0.29, 0.717) is 0 Å². The molecule has 1 fully saturated rings. The Kier molecular flexibility index (Phi) is 3.13. The number of aliphatic hydroxyl groups excluding tert-OH is 2. The van der Waals surface area contributed by atoms with Gasteiger partial charge < -0.3 is 25.3 Å². The van der Waals surface area contributed by atoms with Crippen LogP contribution in [0.25, 0.3) is 11.0 Å². The summed E-state index contributed by atoms with van der Waals surface area (Å²) in [7, 11) is 0. The summed E-state index contributed by atoms with van der Waals surface area (Å²) in [6, 6.07) is 1.91. The summed E-state index contributed by atoms with van der Waals surface area (Å²) in [4.78, 5) is 18.3. The van der Waals surface area contributed by atoms with Crippen molar-refractivity contribution < 1.29 is 14.9 Å². The summed E-state index contributed by atoms with van der Waals surface area (Å²) in [6.07, 6.45) is -0.583. The van der Waals surface area contributed by atoms with Crippen LogP contribution in [0, 0.1) is 11.3 Å². The van der Waals surface area contributed by atoms with Crippen LogP contribution >= 0.6 is 0 Å². The standard InChI is InChI=1S/C12H13N5O4/c13-2-5-3-17(11-7(19)1-6(4-18)21-11)9-8(5)10(20)16-12(14)15-9/h3,6-7,11,18-19H,1,4H2,(H3,14,15,16,20)/t6-,7-,11+/m0/s1. The van der Waals surface area contributed by atoms with Gasteiger partial charge in [-0.15, -0.1) is 0 Å². The Bertz CT molecular complexity index is 789. The van der Waals surface area contributed by atoms with Gasteiger partial charge in [-0.05, 0) is 0 Å². The van der Waals surface area contributed by atoms with E-state index < -0.39 is 24.0 Å². The first-order chi connectivity index (χ1) is 10.0. The molecule has 0 aromatic carbocycles. The Hall–Kier alpha value is -2.41. The molecule has 0 saturated carbocycles. The minimum Gasteiger partial charge on any atom is -0.394 e. The van der Waals surface area contributed by atoms with E-state index in [0.717, 1.165) is 0 Å². The zero-order valence-corrected chi connectivity index (χ0v) is 10.9. The van der Waals surface area contributed by atoms with Crippen molar-refractivity contribution in [3.8, 4) is 6.07 Å². The fraction of sp³-hybridized carbons (Fsp3) is 0.417. The van der Waals surface area contributed by atoms with E-state index in [1.54, 1.807) is 0 Å². The second-order valence-corrected chi connectivity index (χ2v) is 4.85. The topological polar surface area (TPSA) is 150 Å². The molecule has 2 aromatic rings. The molecule has 0 radical (unpaired) electrons. The van der Waals surface area contributed by atoms with Gasteiger partial charge in [0.1, 0.15) is 17.6 Å². The van der Waals surface area contributed by atoms with E-state index >= 15 is 0 Å². The molecule has 0 amide bonds. The van der Waals surface area contributed by atoms with Crippen LogP contribution in [0.1, 0.15) is 18.2 Å². The highest BCUT2D eigenvalue weighted by molar-refractivity contribution is 5.83. The molecule has 5 N–H and O–H groups in total. The fourth-order valence-electron chi connectivity index (χ4n) is 2.55. The Balaban J connectivity index is 2.20. The number of nitrogens with one attached hydrogen (secondary N) is 1. The van der Waals surface area contributed by atoms with Gasteiger partial charge in [0.05, 0.1) is 18.3 Å². The highest BCUT2D eigenvalue weighted by Crippen LogP contribution is 2.32. The Morgan fingerprint density at radius 2 is 2.43 bits per heavy atom. The van der Waals surface area contributed by atoms with Gasteiger partial charge in [0, 0.05) is 12.6 Å². The summed E-state index contributed by atoms with van der Waals surface area (Å²) >= 11 is 0. The molecule has 0 bridgehead atoms. The molecule has 0 spiro atoms. The van der Waals surface area contributed by atoms with Crippen LogP contribution in [0.15, 0.2) is 11.0 Å². The summed E-state index contributed by atoms with van der Waals surface area (Å²) in [5.74, 6) is -0.0949. The van der Waals surface area contributed by atoms with E-state index in [1.165, 1.54) is 10.8 Å². The Morgan fingerprint density at radius 3 is 3.05 bits per heavy atom. The maximum Gasteiger partial charge on any atom is 0.263 e. The number of ether oxygens (including phenoxy) is 1. The molecule has 1 aliphatic heterocycles. The molecule has 3 rings (SSSR count). The molecule has 110 valence electrons. The van der Waals surface area contributed by atoms with Crippen LogP contribution in [-0.4, -0.2) is 43.6 Å². The molecule has 3 heterocycles. The fourth-order valence-corrected chi connectivity index (χ4v) is 2.55.